The number of nitrogens with zero attached hydrogens (tertiary/aromatic N) is 3. The molecule has 4 aromatic rings. The number of aromatic nitrogens is 2. The molecule has 0 radical (unpaired) electrons. The Bertz CT molecular complexity index is 1410. The zero-order valence-electron chi connectivity index (χ0n) is 16.0. The number of pyridine rings is 1. The average molecular weight is 475 g/mol. The third-order valence-corrected chi connectivity index (χ3v) is 4.78. The standard InChI is InChI=1S/C20H12Cl2N4O6/c21-11-7-13(22)19(23-9-11)31-16-4-2-1-3-14(16)24-18(27)10-25-15-6-5-12(26(29)30)8-17(15)32-20(25)28/h1-9H,10H2,(H,24,27). The molecule has 0 bridgehead atoms. The van der Waals surface area contributed by atoms with Gasteiger partial charge in [-0.3, -0.25) is 19.5 Å². The Morgan fingerprint density at radius 2 is 2.00 bits per heavy atom. The van der Waals surface area contributed by atoms with Crippen molar-refractivity contribution in [1.29, 1.82) is 0 Å². The molecule has 2 aromatic carbocycles. The van der Waals surface area contributed by atoms with Crippen molar-refractivity contribution in [3.8, 4) is 11.6 Å². The van der Waals surface area contributed by atoms with Crippen LogP contribution in [0.3, 0.4) is 0 Å². The number of fused-ring (bicyclic) bond motifs is 1. The van der Waals surface area contributed by atoms with E-state index in [0.717, 1.165) is 10.6 Å². The van der Waals surface area contributed by atoms with Crippen LogP contribution in [0.4, 0.5) is 11.4 Å². The summed E-state index contributed by atoms with van der Waals surface area (Å²) >= 11 is 11.9. The third-order valence-electron chi connectivity index (χ3n) is 4.31. The highest BCUT2D eigenvalue weighted by Gasteiger charge is 2.17. The summed E-state index contributed by atoms with van der Waals surface area (Å²) in [5, 5.41) is 14.1. The summed E-state index contributed by atoms with van der Waals surface area (Å²) in [6.07, 6.45) is 1.37. The van der Waals surface area contributed by atoms with Gasteiger partial charge in [-0.2, -0.15) is 0 Å². The van der Waals surface area contributed by atoms with Crippen LogP contribution in [0.2, 0.25) is 10.0 Å². The lowest BCUT2D eigenvalue weighted by atomic mass is 10.2. The fourth-order valence-electron chi connectivity index (χ4n) is 2.89. The van der Waals surface area contributed by atoms with Gasteiger partial charge in [0.25, 0.3) is 5.69 Å². The lowest BCUT2D eigenvalue weighted by molar-refractivity contribution is -0.384. The molecule has 4 rings (SSSR count). The maximum atomic E-state index is 12.6. The largest absolute Gasteiger partial charge is 0.435 e. The minimum absolute atomic E-state index is 0.00388. The van der Waals surface area contributed by atoms with Crippen LogP contribution in [0.25, 0.3) is 11.1 Å². The number of carbonyl (C=O) groups is 1. The predicted molar refractivity (Wildman–Crippen MR) is 117 cm³/mol. The van der Waals surface area contributed by atoms with Crippen molar-refractivity contribution in [2.75, 3.05) is 5.32 Å². The second-order valence-electron chi connectivity index (χ2n) is 6.45. The van der Waals surface area contributed by atoms with Gasteiger partial charge < -0.3 is 14.5 Å². The van der Waals surface area contributed by atoms with Crippen molar-refractivity contribution in [1.82, 2.24) is 9.55 Å². The molecule has 0 spiro atoms. The molecule has 1 N–H and O–H groups in total. The van der Waals surface area contributed by atoms with Gasteiger partial charge in [-0.15, -0.1) is 0 Å². The van der Waals surface area contributed by atoms with Crippen LogP contribution in [-0.2, 0) is 11.3 Å². The molecule has 0 aliphatic carbocycles. The number of non-ortho nitro benzene ring substituents is 1. The van der Waals surface area contributed by atoms with E-state index in [1.165, 1.54) is 24.4 Å². The van der Waals surface area contributed by atoms with Gasteiger partial charge in [0.2, 0.25) is 11.8 Å². The monoisotopic (exact) mass is 474 g/mol. The zero-order chi connectivity index (χ0) is 22.8. The van der Waals surface area contributed by atoms with Gasteiger partial charge in [-0.1, -0.05) is 35.3 Å². The van der Waals surface area contributed by atoms with Crippen molar-refractivity contribution < 1.29 is 18.9 Å². The topological polar surface area (TPSA) is 130 Å². The number of benzene rings is 2. The molecule has 32 heavy (non-hydrogen) atoms. The number of nitrogens with one attached hydrogen (secondary N) is 1. The van der Waals surface area contributed by atoms with Crippen molar-refractivity contribution in [2.24, 2.45) is 0 Å². The molecule has 1 amide bonds. The minimum atomic E-state index is -0.822. The smallest absolute Gasteiger partial charge is 0.420 e. The van der Waals surface area contributed by atoms with E-state index in [0.29, 0.717) is 10.7 Å². The molecule has 0 aliphatic rings. The fraction of sp³-hybridized carbons (Fsp3) is 0.0500. The number of nitro groups is 1. The first-order chi connectivity index (χ1) is 15.3. The van der Waals surface area contributed by atoms with Gasteiger partial charge in [0, 0.05) is 12.3 Å². The first-order valence-electron chi connectivity index (χ1n) is 8.97. The molecule has 0 unspecified atom stereocenters. The maximum absolute atomic E-state index is 12.6. The third kappa shape index (κ3) is 4.41. The predicted octanol–water partition coefficient (Wildman–Crippen LogP) is 4.64. The number of oxazole rings is 1. The normalized spacial score (nSPS) is 10.8. The number of halogens is 2. The maximum Gasteiger partial charge on any atom is 0.420 e. The van der Waals surface area contributed by atoms with Crippen molar-refractivity contribution in [2.45, 2.75) is 6.54 Å². The Balaban J connectivity index is 1.56. The van der Waals surface area contributed by atoms with Crippen molar-refractivity contribution in [3.05, 3.63) is 85.4 Å². The Morgan fingerprint density at radius 3 is 2.75 bits per heavy atom. The summed E-state index contributed by atoms with van der Waals surface area (Å²) in [5.74, 6) is -1.02. The molecule has 162 valence electrons. The number of hydrogen-bond acceptors (Lipinski definition) is 7. The van der Waals surface area contributed by atoms with Crippen LogP contribution in [0.15, 0.2) is 63.9 Å². The molecule has 0 aliphatic heterocycles. The van der Waals surface area contributed by atoms with E-state index < -0.39 is 23.1 Å². The van der Waals surface area contributed by atoms with Gasteiger partial charge >= 0.3 is 5.76 Å². The summed E-state index contributed by atoms with van der Waals surface area (Å²) in [7, 11) is 0. The van der Waals surface area contributed by atoms with Gasteiger partial charge in [-0.05, 0) is 24.3 Å². The van der Waals surface area contributed by atoms with Gasteiger partial charge in [0.15, 0.2) is 11.3 Å². The molecule has 2 heterocycles. The number of rotatable bonds is 6. The highest BCUT2D eigenvalue weighted by atomic mass is 35.5. The van der Waals surface area contributed by atoms with E-state index in [1.54, 1.807) is 24.3 Å². The number of carbonyl (C=O) groups excluding carboxylic acids is 1. The Labute approximate surface area is 189 Å². The number of nitro benzene ring substituents is 1. The van der Waals surface area contributed by atoms with E-state index in [1.807, 2.05) is 0 Å². The molecule has 2 aromatic heterocycles. The SMILES string of the molecule is O=C(Cn1c(=O)oc2cc([N+](=O)[O-])ccc21)Nc1ccccc1Oc1ncc(Cl)cc1Cl. The van der Waals surface area contributed by atoms with Crippen LogP contribution < -0.4 is 15.8 Å². The van der Waals surface area contributed by atoms with Crippen molar-refractivity contribution >= 4 is 51.6 Å². The Hall–Kier alpha value is -3.89. The minimum Gasteiger partial charge on any atom is -0.435 e. The molecular formula is C20H12Cl2N4O6. The highest BCUT2D eigenvalue weighted by Crippen LogP contribution is 2.33. The van der Waals surface area contributed by atoms with E-state index >= 15 is 0 Å². The average Bonchev–Trinajstić information content (AvgIpc) is 3.05. The van der Waals surface area contributed by atoms with Gasteiger partial charge in [0.1, 0.15) is 11.6 Å². The summed E-state index contributed by atoms with van der Waals surface area (Å²) < 4.78 is 11.8. The van der Waals surface area contributed by atoms with E-state index in [2.05, 4.69) is 10.3 Å². The number of anilines is 1. The number of hydrogen-bond donors (Lipinski definition) is 1. The van der Waals surface area contributed by atoms with Crippen LogP contribution >= 0.6 is 23.2 Å². The Kier molecular flexibility index (Phi) is 5.80. The van der Waals surface area contributed by atoms with Crippen molar-refractivity contribution in [3.63, 3.8) is 0 Å². The molecule has 0 fully saturated rings. The first kappa shape index (κ1) is 21.3. The molecular weight excluding hydrogens is 463 g/mol. The van der Waals surface area contributed by atoms with E-state index in [-0.39, 0.29) is 33.4 Å². The lowest BCUT2D eigenvalue weighted by Crippen LogP contribution is -2.24. The first-order valence-corrected chi connectivity index (χ1v) is 9.73. The quantitative estimate of drug-likeness (QED) is 0.318. The summed E-state index contributed by atoms with van der Waals surface area (Å²) in [5.41, 5.74) is 0.326. The van der Waals surface area contributed by atoms with Crippen LogP contribution in [0, 0.1) is 10.1 Å². The molecule has 0 saturated carbocycles. The number of ether oxygens (including phenoxy) is 1. The summed E-state index contributed by atoms with van der Waals surface area (Å²) in [4.78, 5) is 39.1. The number of amides is 1. The molecule has 12 heteroatoms. The zero-order valence-corrected chi connectivity index (χ0v) is 17.5. The second-order valence-corrected chi connectivity index (χ2v) is 7.29. The van der Waals surface area contributed by atoms with E-state index in [4.69, 9.17) is 32.4 Å². The van der Waals surface area contributed by atoms with E-state index in [9.17, 15) is 19.7 Å². The fourth-order valence-corrected chi connectivity index (χ4v) is 3.31. The molecule has 0 saturated heterocycles. The van der Waals surface area contributed by atoms with Gasteiger partial charge in [0.05, 0.1) is 27.2 Å². The summed E-state index contributed by atoms with van der Waals surface area (Å²) in [6.45, 7) is -0.391. The molecule has 10 nitrogen and oxygen atoms in total. The van der Waals surface area contributed by atoms with Gasteiger partial charge in [-0.25, -0.2) is 9.78 Å². The number of para-hydroxylation sites is 2. The highest BCUT2D eigenvalue weighted by molar-refractivity contribution is 6.35. The Morgan fingerprint density at radius 1 is 1.22 bits per heavy atom. The lowest BCUT2D eigenvalue weighted by Gasteiger charge is -2.12. The summed E-state index contributed by atoms with van der Waals surface area (Å²) in [6, 6.07) is 11.7. The van der Waals surface area contributed by atoms with Crippen LogP contribution in [0.5, 0.6) is 11.6 Å². The second kappa shape index (κ2) is 8.69. The molecule has 0 atom stereocenters. The van der Waals surface area contributed by atoms with Crippen LogP contribution in [-0.4, -0.2) is 20.4 Å². The van der Waals surface area contributed by atoms with Crippen LogP contribution in [0.1, 0.15) is 0 Å².